The molecule has 5 rings (SSSR count). The second kappa shape index (κ2) is 12.8. The van der Waals surface area contributed by atoms with Crippen molar-refractivity contribution in [2.24, 2.45) is 5.92 Å². The van der Waals surface area contributed by atoms with E-state index >= 15 is 0 Å². The zero-order valence-electron chi connectivity index (χ0n) is 22.3. The van der Waals surface area contributed by atoms with Gasteiger partial charge in [-0.05, 0) is 17.7 Å². The molecule has 42 heavy (non-hydrogen) atoms. The van der Waals surface area contributed by atoms with Crippen molar-refractivity contribution in [1.82, 2.24) is 0 Å². The van der Waals surface area contributed by atoms with E-state index in [9.17, 15) is 50.8 Å². The molecule has 1 aromatic rings. The third-order valence-corrected chi connectivity index (χ3v) is 8.18. The number of ether oxygens (including phenoxy) is 5. The number of carbonyl (C=O) groups excluding carboxylic acids is 1. The Labute approximate surface area is 239 Å². The van der Waals surface area contributed by atoms with Crippen molar-refractivity contribution < 1.29 is 74.4 Å². The minimum Gasteiger partial charge on any atom is -0.496 e. The molecule has 3 aliphatic heterocycles. The number of aliphatic hydroxyl groups excluding tert-OH is 9. The fourth-order valence-corrected chi connectivity index (χ4v) is 5.75. The van der Waals surface area contributed by atoms with Crippen LogP contribution in [-0.4, -0.2) is 145 Å². The van der Waals surface area contributed by atoms with Gasteiger partial charge in [0, 0.05) is 12.8 Å². The zero-order valence-corrected chi connectivity index (χ0v) is 22.3. The molecule has 4 aliphatic rings. The molecule has 15 nitrogen and oxygen atoms in total. The number of hydrogen-bond acceptors (Lipinski definition) is 15. The number of ketones is 1. The van der Waals surface area contributed by atoms with Crippen molar-refractivity contribution in [2.45, 2.75) is 92.6 Å². The van der Waals surface area contributed by atoms with Crippen molar-refractivity contribution in [3.63, 3.8) is 0 Å². The Morgan fingerprint density at radius 1 is 0.738 bits per heavy atom. The van der Waals surface area contributed by atoms with Crippen LogP contribution in [0.1, 0.15) is 18.4 Å². The van der Waals surface area contributed by atoms with E-state index in [0.717, 1.165) is 0 Å². The average Bonchev–Trinajstić information content (AvgIpc) is 2.98. The molecular weight excluding hydrogens is 564 g/mol. The van der Waals surface area contributed by atoms with E-state index in [-0.39, 0.29) is 29.9 Å². The Kier molecular flexibility index (Phi) is 9.48. The summed E-state index contributed by atoms with van der Waals surface area (Å²) in [5.41, 5.74) is 0.648. The van der Waals surface area contributed by atoms with Gasteiger partial charge in [-0.3, -0.25) is 4.79 Å². The van der Waals surface area contributed by atoms with Gasteiger partial charge in [0.1, 0.15) is 60.7 Å². The highest BCUT2D eigenvalue weighted by molar-refractivity contribution is 6.22. The van der Waals surface area contributed by atoms with Gasteiger partial charge in [0.2, 0.25) is 6.29 Å². The van der Waals surface area contributed by atoms with Crippen LogP contribution in [0.25, 0.3) is 5.57 Å². The van der Waals surface area contributed by atoms with Crippen molar-refractivity contribution in [1.29, 1.82) is 0 Å². The Balaban J connectivity index is 1.22. The lowest BCUT2D eigenvalue weighted by Crippen LogP contribution is -2.60. The van der Waals surface area contributed by atoms with Crippen molar-refractivity contribution in [2.75, 3.05) is 13.2 Å². The highest BCUT2D eigenvalue weighted by Gasteiger charge is 2.50. The fourth-order valence-electron chi connectivity index (χ4n) is 5.75. The summed E-state index contributed by atoms with van der Waals surface area (Å²) in [5, 5.41) is 89.9. The number of rotatable bonds is 7. The third kappa shape index (κ3) is 5.93. The van der Waals surface area contributed by atoms with Crippen molar-refractivity contribution >= 4 is 11.4 Å². The van der Waals surface area contributed by atoms with Crippen LogP contribution in [0.4, 0.5) is 0 Å². The maximum Gasteiger partial charge on any atom is 0.229 e. The second-order valence-electron chi connectivity index (χ2n) is 10.9. The number of aliphatic hydroxyl groups is 9. The summed E-state index contributed by atoms with van der Waals surface area (Å²) in [6.45, 7) is -1.22. The highest BCUT2D eigenvalue weighted by atomic mass is 16.7. The summed E-state index contributed by atoms with van der Waals surface area (Å²) >= 11 is 0. The molecular formula is C27H36O15. The number of fused-ring (bicyclic) bond motifs is 1. The first-order valence-electron chi connectivity index (χ1n) is 13.7. The summed E-state index contributed by atoms with van der Waals surface area (Å²) in [7, 11) is 0. The normalized spacial score (nSPS) is 44.1. The zero-order chi connectivity index (χ0) is 30.3. The minimum atomic E-state index is -1.62. The van der Waals surface area contributed by atoms with Crippen LogP contribution in [-0.2, 0) is 23.7 Å². The first-order chi connectivity index (χ1) is 20.0. The summed E-state index contributed by atoms with van der Waals surface area (Å²) in [4.78, 5) is 13.4. The van der Waals surface area contributed by atoms with Gasteiger partial charge >= 0.3 is 0 Å². The first kappa shape index (κ1) is 31.2. The van der Waals surface area contributed by atoms with Gasteiger partial charge < -0.3 is 69.6 Å². The highest BCUT2D eigenvalue weighted by Crippen LogP contribution is 2.39. The molecule has 1 saturated carbocycles. The second-order valence-corrected chi connectivity index (χ2v) is 10.9. The lowest BCUT2D eigenvalue weighted by atomic mass is 9.76. The Hall–Kier alpha value is -2.25. The number of hydrogen-bond donors (Lipinski definition) is 9. The summed E-state index contributed by atoms with van der Waals surface area (Å²) in [5.74, 6) is -1.08. The third-order valence-electron chi connectivity index (χ3n) is 8.18. The molecule has 2 saturated heterocycles. The number of benzene rings is 1. The Bertz CT molecular complexity index is 1110. The fraction of sp³-hybridized carbons (Fsp3) is 0.667. The van der Waals surface area contributed by atoms with E-state index in [1.165, 1.54) is 18.4 Å². The number of Topliss-reactive ketones (excluding diaryl/α,β-unsaturated/α-hetero) is 1. The topological polar surface area (TPSA) is 245 Å². The maximum absolute atomic E-state index is 13.4. The molecule has 9 N–H and O–H groups in total. The lowest BCUT2D eigenvalue weighted by molar-refractivity contribution is -0.316. The van der Waals surface area contributed by atoms with E-state index in [2.05, 4.69) is 0 Å². The molecule has 15 heteroatoms. The maximum atomic E-state index is 13.4. The van der Waals surface area contributed by atoms with Crippen LogP contribution in [0.2, 0.25) is 0 Å². The molecule has 0 radical (unpaired) electrons. The predicted molar refractivity (Wildman–Crippen MR) is 136 cm³/mol. The molecule has 4 unspecified atom stereocenters. The summed E-state index contributed by atoms with van der Waals surface area (Å²) in [6, 6.07) is 6.07. The van der Waals surface area contributed by atoms with Gasteiger partial charge in [-0.2, -0.15) is 0 Å². The standard InChI is InChI=1S/C27H36O15/c28-7-16-20(32)22(34)24(36)26(41-16)39-11-3-1-10(2-4-11)13-9-38-15-6-12(5-14(30)18(15)19(13)31)40-27-25(37)23(35)21(33)17(8-29)42-27/h1-4,9,12,14-18,20-30,32-37H,5-8H2/t12?,14?,15?,16-,17-,18?,20-,21-,22+,23+,24-,25-,26-,27-/m1/s1. The number of allylic oxidation sites excluding steroid dienone is 1. The van der Waals surface area contributed by atoms with Crippen LogP contribution in [0.5, 0.6) is 5.75 Å². The molecule has 1 aliphatic carbocycles. The van der Waals surface area contributed by atoms with Crippen LogP contribution in [0, 0.1) is 5.92 Å². The molecule has 1 aromatic carbocycles. The van der Waals surface area contributed by atoms with Crippen LogP contribution in [0.3, 0.4) is 0 Å². The van der Waals surface area contributed by atoms with E-state index in [1.807, 2.05) is 0 Å². The van der Waals surface area contributed by atoms with Gasteiger partial charge in [0.25, 0.3) is 0 Å². The van der Waals surface area contributed by atoms with E-state index in [4.69, 9.17) is 23.7 Å². The van der Waals surface area contributed by atoms with E-state index in [1.54, 1.807) is 12.1 Å². The van der Waals surface area contributed by atoms with E-state index in [0.29, 0.717) is 5.56 Å². The average molecular weight is 601 g/mol. The molecule has 3 heterocycles. The Morgan fingerprint density at radius 2 is 1.31 bits per heavy atom. The summed E-state index contributed by atoms with van der Waals surface area (Å²) in [6.07, 6.45) is -15.8. The largest absolute Gasteiger partial charge is 0.496 e. The molecule has 0 amide bonds. The van der Waals surface area contributed by atoms with Gasteiger partial charge in [0.15, 0.2) is 12.1 Å². The molecule has 14 atom stereocenters. The molecule has 0 aromatic heterocycles. The first-order valence-corrected chi connectivity index (χ1v) is 13.7. The van der Waals surface area contributed by atoms with Crippen LogP contribution in [0.15, 0.2) is 30.5 Å². The molecule has 0 bridgehead atoms. The van der Waals surface area contributed by atoms with Gasteiger partial charge in [-0.15, -0.1) is 0 Å². The van der Waals surface area contributed by atoms with Crippen LogP contribution >= 0.6 is 0 Å². The Morgan fingerprint density at radius 3 is 1.90 bits per heavy atom. The van der Waals surface area contributed by atoms with E-state index < -0.39 is 98.9 Å². The SMILES string of the molecule is O=C1C(c2ccc(O[C@@H]3O[C@H](CO)[C@@H](O)[C@H](O)[C@H]3O)cc2)=COC2CC(O[C@@H]3O[C@H](CO)[C@@H](O)[C@H](O)[C@H]3O)CC(O)C12. The molecule has 0 spiro atoms. The van der Waals surface area contributed by atoms with Crippen LogP contribution < -0.4 is 4.74 Å². The lowest BCUT2D eigenvalue weighted by Gasteiger charge is -2.44. The quantitative estimate of drug-likeness (QED) is 0.145. The van der Waals surface area contributed by atoms with Gasteiger partial charge in [0.05, 0.1) is 43.2 Å². The van der Waals surface area contributed by atoms with Crippen molar-refractivity contribution in [3.8, 4) is 5.75 Å². The van der Waals surface area contributed by atoms with Crippen molar-refractivity contribution in [3.05, 3.63) is 36.1 Å². The summed E-state index contributed by atoms with van der Waals surface area (Å²) < 4.78 is 27.9. The molecule has 3 fully saturated rings. The predicted octanol–water partition coefficient (Wildman–Crippen LogP) is -3.87. The van der Waals surface area contributed by atoms with Gasteiger partial charge in [-0.25, -0.2) is 0 Å². The van der Waals surface area contributed by atoms with Gasteiger partial charge in [-0.1, -0.05) is 12.1 Å². The minimum absolute atomic E-state index is 0.00948. The number of carbonyl (C=O) groups is 1. The molecule has 234 valence electrons. The monoisotopic (exact) mass is 600 g/mol. The smallest absolute Gasteiger partial charge is 0.229 e.